The minimum Gasteiger partial charge on any atom is -0.472 e. The van der Waals surface area contributed by atoms with Gasteiger partial charge in [-0.1, -0.05) is 6.92 Å². The Balaban J connectivity index is 2.28. The van der Waals surface area contributed by atoms with Crippen LogP contribution in [-0.4, -0.2) is 19.0 Å². The third-order valence-electron chi connectivity index (χ3n) is 1.05. The van der Waals surface area contributed by atoms with E-state index in [0.29, 0.717) is 6.04 Å². The lowest BCUT2D eigenvalue weighted by Crippen LogP contribution is -2.02. The summed E-state index contributed by atoms with van der Waals surface area (Å²) in [5.41, 5.74) is 0. The second kappa shape index (κ2) is 1.96. The minimum atomic E-state index is 0.389. The quantitative estimate of drug-likeness (QED) is 0.473. The first-order valence-electron chi connectivity index (χ1n) is 2.50. The van der Waals surface area contributed by atoms with Crippen molar-refractivity contribution in [2.24, 2.45) is 4.99 Å². The summed E-state index contributed by atoms with van der Waals surface area (Å²) >= 11 is 0. The summed E-state index contributed by atoms with van der Waals surface area (Å²) in [5.74, 6) is 0. The average molecular weight is 98.1 g/mol. The molecule has 1 radical (unpaired) electrons. The SMILES string of the molecule is CCC1CO[C]=N1. The molecule has 0 bridgehead atoms. The summed E-state index contributed by atoms with van der Waals surface area (Å²) in [6.45, 7) is 2.82. The van der Waals surface area contributed by atoms with Gasteiger partial charge in [0.1, 0.15) is 6.61 Å². The maximum absolute atomic E-state index is 4.73. The lowest BCUT2D eigenvalue weighted by molar-refractivity contribution is 0.325. The minimum absolute atomic E-state index is 0.389. The molecule has 0 aromatic rings. The van der Waals surface area contributed by atoms with E-state index < -0.39 is 0 Å². The van der Waals surface area contributed by atoms with E-state index in [0.717, 1.165) is 13.0 Å². The second-order valence-electron chi connectivity index (χ2n) is 1.59. The zero-order chi connectivity index (χ0) is 5.11. The van der Waals surface area contributed by atoms with Crippen LogP contribution in [0.15, 0.2) is 4.99 Å². The van der Waals surface area contributed by atoms with E-state index in [2.05, 4.69) is 18.3 Å². The predicted molar refractivity (Wildman–Crippen MR) is 27.5 cm³/mol. The van der Waals surface area contributed by atoms with Gasteiger partial charge in [-0.25, -0.2) is 4.99 Å². The standard InChI is InChI=1S/C5H8NO/c1-2-5-3-7-4-6-5/h5H,2-3H2,1H3. The van der Waals surface area contributed by atoms with Crippen LogP contribution < -0.4 is 0 Å². The van der Waals surface area contributed by atoms with Gasteiger partial charge in [0.15, 0.2) is 0 Å². The molecule has 1 rings (SSSR count). The summed E-state index contributed by atoms with van der Waals surface area (Å²) in [6, 6.07) is 0.389. The van der Waals surface area contributed by atoms with Crippen LogP contribution in [0.5, 0.6) is 0 Å². The molecule has 1 heterocycles. The molecule has 0 saturated carbocycles. The van der Waals surface area contributed by atoms with Crippen LogP contribution in [0.1, 0.15) is 13.3 Å². The molecule has 1 aliphatic rings. The van der Waals surface area contributed by atoms with Crippen molar-refractivity contribution in [1.29, 1.82) is 0 Å². The van der Waals surface area contributed by atoms with Crippen molar-refractivity contribution >= 4 is 6.40 Å². The molecule has 0 fully saturated rings. The predicted octanol–water partition coefficient (Wildman–Crippen LogP) is 0.701. The highest BCUT2D eigenvalue weighted by Gasteiger charge is 2.07. The van der Waals surface area contributed by atoms with Crippen LogP contribution in [0.4, 0.5) is 0 Å². The van der Waals surface area contributed by atoms with Gasteiger partial charge in [-0.15, -0.1) is 0 Å². The normalized spacial score (nSPS) is 27.9. The highest BCUT2D eigenvalue weighted by atomic mass is 16.5. The van der Waals surface area contributed by atoms with Crippen molar-refractivity contribution in [3.8, 4) is 0 Å². The smallest absolute Gasteiger partial charge is 0.273 e. The van der Waals surface area contributed by atoms with Crippen molar-refractivity contribution in [1.82, 2.24) is 0 Å². The fourth-order valence-corrected chi connectivity index (χ4v) is 0.492. The van der Waals surface area contributed by atoms with Gasteiger partial charge in [0, 0.05) is 0 Å². The summed E-state index contributed by atoms with van der Waals surface area (Å²) in [5, 5.41) is 0. The van der Waals surface area contributed by atoms with Crippen LogP contribution in [0, 0.1) is 0 Å². The van der Waals surface area contributed by atoms with Gasteiger partial charge in [-0.05, 0) is 6.42 Å². The van der Waals surface area contributed by atoms with Gasteiger partial charge in [-0.3, -0.25) is 0 Å². The third-order valence-corrected chi connectivity index (χ3v) is 1.05. The lowest BCUT2D eigenvalue weighted by Gasteiger charge is -1.95. The van der Waals surface area contributed by atoms with Gasteiger partial charge in [0.05, 0.1) is 6.04 Å². The number of rotatable bonds is 1. The average Bonchev–Trinajstić information content (AvgIpc) is 2.14. The van der Waals surface area contributed by atoms with Gasteiger partial charge in [0.25, 0.3) is 6.40 Å². The molecule has 0 spiro atoms. The summed E-state index contributed by atoms with van der Waals surface area (Å²) < 4.78 is 4.73. The second-order valence-corrected chi connectivity index (χ2v) is 1.59. The molecule has 0 aliphatic carbocycles. The largest absolute Gasteiger partial charge is 0.472 e. The lowest BCUT2D eigenvalue weighted by atomic mass is 10.3. The van der Waals surface area contributed by atoms with E-state index in [9.17, 15) is 0 Å². The molecule has 2 heteroatoms. The number of hydrogen-bond donors (Lipinski definition) is 0. The van der Waals surface area contributed by atoms with Crippen LogP contribution in [0.2, 0.25) is 0 Å². The molecule has 1 aliphatic heterocycles. The fourth-order valence-electron chi connectivity index (χ4n) is 0.492. The number of hydrogen-bond acceptors (Lipinski definition) is 2. The first-order chi connectivity index (χ1) is 3.43. The topological polar surface area (TPSA) is 21.6 Å². The molecule has 7 heavy (non-hydrogen) atoms. The molecular formula is C5H8NO. The van der Waals surface area contributed by atoms with E-state index in [-0.39, 0.29) is 0 Å². The van der Waals surface area contributed by atoms with Crippen molar-refractivity contribution in [2.45, 2.75) is 19.4 Å². The van der Waals surface area contributed by atoms with Crippen LogP contribution in [0.25, 0.3) is 0 Å². The van der Waals surface area contributed by atoms with Crippen LogP contribution in [-0.2, 0) is 4.74 Å². The Kier molecular flexibility index (Phi) is 1.29. The van der Waals surface area contributed by atoms with Crippen LogP contribution >= 0.6 is 0 Å². The molecule has 0 aromatic carbocycles. The number of nitrogens with zero attached hydrogens (tertiary/aromatic N) is 1. The van der Waals surface area contributed by atoms with E-state index in [1.807, 2.05) is 0 Å². The van der Waals surface area contributed by atoms with Crippen molar-refractivity contribution < 1.29 is 4.74 Å². The Morgan fingerprint density at radius 3 is 3.14 bits per heavy atom. The summed E-state index contributed by atoms with van der Waals surface area (Å²) in [7, 11) is 0. The van der Waals surface area contributed by atoms with Gasteiger partial charge >= 0.3 is 0 Å². The Hall–Kier alpha value is -0.530. The molecule has 1 atom stereocenters. The Bertz CT molecular complexity index is 80.1. The molecule has 0 aromatic heterocycles. The third kappa shape index (κ3) is 0.918. The van der Waals surface area contributed by atoms with Gasteiger partial charge in [-0.2, -0.15) is 0 Å². The summed E-state index contributed by atoms with van der Waals surface area (Å²) in [6.07, 6.45) is 3.51. The monoisotopic (exact) mass is 98.1 g/mol. The van der Waals surface area contributed by atoms with Crippen molar-refractivity contribution in [2.75, 3.05) is 6.61 Å². The molecule has 1 unspecified atom stereocenters. The molecule has 0 amide bonds. The first-order valence-corrected chi connectivity index (χ1v) is 2.50. The van der Waals surface area contributed by atoms with E-state index in [1.54, 1.807) is 0 Å². The van der Waals surface area contributed by atoms with E-state index >= 15 is 0 Å². The summed E-state index contributed by atoms with van der Waals surface area (Å²) in [4.78, 5) is 3.88. The van der Waals surface area contributed by atoms with Gasteiger partial charge in [0.2, 0.25) is 0 Å². The highest BCUT2D eigenvalue weighted by Crippen LogP contribution is 2.01. The zero-order valence-electron chi connectivity index (χ0n) is 4.35. The maximum atomic E-state index is 4.73. The maximum Gasteiger partial charge on any atom is 0.273 e. The highest BCUT2D eigenvalue weighted by molar-refractivity contribution is 5.48. The van der Waals surface area contributed by atoms with E-state index in [4.69, 9.17) is 4.74 Å². The Morgan fingerprint density at radius 2 is 2.86 bits per heavy atom. The fraction of sp³-hybridized carbons (Fsp3) is 0.800. The van der Waals surface area contributed by atoms with E-state index in [1.165, 1.54) is 0 Å². The Morgan fingerprint density at radius 1 is 2.00 bits per heavy atom. The van der Waals surface area contributed by atoms with Crippen molar-refractivity contribution in [3.05, 3.63) is 0 Å². The zero-order valence-corrected chi connectivity index (χ0v) is 4.35. The molecule has 0 N–H and O–H groups in total. The van der Waals surface area contributed by atoms with Gasteiger partial charge < -0.3 is 4.74 Å². The molecule has 2 nitrogen and oxygen atoms in total. The first kappa shape index (κ1) is 4.62. The number of ether oxygens (including phenoxy) is 1. The van der Waals surface area contributed by atoms with Crippen molar-refractivity contribution in [3.63, 3.8) is 0 Å². The molecule has 0 saturated heterocycles. The molecular weight excluding hydrogens is 90.1 g/mol. The van der Waals surface area contributed by atoms with Crippen LogP contribution in [0.3, 0.4) is 0 Å². The molecule has 39 valence electrons. The number of aliphatic imine (C=N–C) groups is 1. The Labute approximate surface area is 43.2 Å².